The van der Waals surface area contributed by atoms with Crippen LogP contribution in [0.2, 0.25) is 0 Å². The third-order valence-corrected chi connectivity index (χ3v) is 3.45. The SMILES string of the molecule is CC1CN([C@@H]2C=C(CO)[C@H](O)C2O)C(=O)NC1=N. The molecule has 0 saturated carbocycles. The Bertz CT molecular complexity index is 409. The molecule has 1 saturated heterocycles. The number of amides is 2. The highest BCUT2D eigenvalue weighted by atomic mass is 16.3. The predicted molar refractivity (Wildman–Crippen MR) is 63.1 cm³/mol. The maximum Gasteiger partial charge on any atom is 0.323 e. The molecule has 1 aliphatic heterocycles. The smallest absolute Gasteiger partial charge is 0.323 e. The first-order valence-electron chi connectivity index (χ1n) is 5.79. The lowest BCUT2D eigenvalue weighted by Crippen LogP contribution is -2.59. The number of nitrogens with one attached hydrogen (secondary N) is 2. The summed E-state index contributed by atoms with van der Waals surface area (Å²) in [6.45, 7) is 1.74. The third kappa shape index (κ3) is 2.00. The largest absolute Gasteiger partial charge is 0.392 e. The van der Waals surface area contributed by atoms with E-state index < -0.39 is 24.3 Å². The van der Waals surface area contributed by atoms with Gasteiger partial charge in [0.2, 0.25) is 0 Å². The molecule has 0 spiro atoms. The van der Waals surface area contributed by atoms with Gasteiger partial charge in [-0.2, -0.15) is 0 Å². The van der Waals surface area contributed by atoms with Crippen LogP contribution >= 0.6 is 0 Å². The Morgan fingerprint density at radius 2 is 2.22 bits per heavy atom. The van der Waals surface area contributed by atoms with Gasteiger partial charge in [0, 0.05) is 12.5 Å². The fraction of sp³-hybridized carbons (Fsp3) is 0.636. The van der Waals surface area contributed by atoms with Crippen molar-refractivity contribution in [2.24, 2.45) is 5.92 Å². The van der Waals surface area contributed by atoms with Crippen molar-refractivity contribution < 1.29 is 20.1 Å². The zero-order valence-electron chi connectivity index (χ0n) is 10.00. The first-order valence-corrected chi connectivity index (χ1v) is 5.79. The lowest BCUT2D eigenvalue weighted by Gasteiger charge is -2.37. The van der Waals surface area contributed by atoms with Gasteiger partial charge in [-0.1, -0.05) is 13.0 Å². The summed E-state index contributed by atoms with van der Waals surface area (Å²) < 4.78 is 0. The molecule has 2 aliphatic rings. The Labute approximate surface area is 104 Å². The van der Waals surface area contributed by atoms with Crippen LogP contribution in [0, 0.1) is 11.3 Å². The summed E-state index contributed by atoms with van der Waals surface area (Å²) in [5, 5.41) is 38.5. The molecule has 1 heterocycles. The summed E-state index contributed by atoms with van der Waals surface area (Å²) in [6, 6.07) is -1.14. The highest BCUT2D eigenvalue weighted by Gasteiger charge is 2.41. The second-order valence-electron chi connectivity index (χ2n) is 4.72. The normalized spacial score (nSPS) is 36.7. The van der Waals surface area contributed by atoms with Crippen LogP contribution in [-0.2, 0) is 0 Å². The molecule has 1 fully saturated rings. The molecule has 0 aromatic carbocycles. The van der Waals surface area contributed by atoms with Gasteiger partial charge in [-0.25, -0.2) is 4.79 Å². The maximum absolute atomic E-state index is 11.8. The second kappa shape index (κ2) is 4.68. The molecule has 2 unspecified atom stereocenters. The molecular formula is C11H17N3O4. The number of carbonyl (C=O) groups excluding carboxylic acids is 1. The van der Waals surface area contributed by atoms with Crippen molar-refractivity contribution in [3.8, 4) is 0 Å². The number of hydrogen-bond acceptors (Lipinski definition) is 5. The van der Waals surface area contributed by atoms with Crippen molar-refractivity contribution in [1.29, 1.82) is 5.41 Å². The molecule has 2 rings (SSSR count). The van der Waals surface area contributed by atoms with E-state index in [-0.39, 0.29) is 18.4 Å². The highest BCUT2D eigenvalue weighted by molar-refractivity contribution is 5.99. The standard InChI is InChI=1S/C11H17N3O4/c1-5-3-14(11(18)13-10(5)12)7-2-6(4-15)8(16)9(7)17/h2,5,7-9,15-17H,3-4H2,1H3,(H2,12,13,18)/t5?,7-,8+,9?/m1/s1. The molecule has 7 nitrogen and oxygen atoms in total. The fourth-order valence-corrected chi connectivity index (χ4v) is 2.28. The quantitative estimate of drug-likeness (QED) is 0.392. The van der Waals surface area contributed by atoms with E-state index in [9.17, 15) is 15.0 Å². The van der Waals surface area contributed by atoms with Crippen LogP contribution in [0.3, 0.4) is 0 Å². The van der Waals surface area contributed by atoms with Gasteiger partial charge in [0.05, 0.1) is 12.6 Å². The van der Waals surface area contributed by atoms with Crippen molar-refractivity contribution in [3.63, 3.8) is 0 Å². The zero-order valence-corrected chi connectivity index (χ0v) is 10.00. The van der Waals surface area contributed by atoms with Crippen LogP contribution in [0.1, 0.15) is 6.92 Å². The van der Waals surface area contributed by atoms with Gasteiger partial charge in [-0.3, -0.25) is 10.7 Å². The van der Waals surface area contributed by atoms with Crippen LogP contribution in [0.4, 0.5) is 4.79 Å². The lowest BCUT2D eigenvalue weighted by atomic mass is 10.0. The summed E-state index contributed by atoms with van der Waals surface area (Å²) >= 11 is 0. The summed E-state index contributed by atoms with van der Waals surface area (Å²) in [5.41, 5.74) is 0.314. The van der Waals surface area contributed by atoms with E-state index in [4.69, 9.17) is 10.5 Å². The lowest BCUT2D eigenvalue weighted by molar-refractivity contribution is 0.0108. The molecule has 7 heteroatoms. The van der Waals surface area contributed by atoms with Gasteiger partial charge in [0.25, 0.3) is 0 Å². The highest BCUT2D eigenvalue weighted by Crippen LogP contribution is 2.26. The van der Waals surface area contributed by atoms with Crippen LogP contribution in [-0.4, -0.2) is 63.5 Å². The summed E-state index contributed by atoms with van der Waals surface area (Å²) in [5.74, 6) is -0.00531. The Balaban J connectivity index is 2.19. The minimum absolute atomic E-state index is 0.149. The number of aliphatic hydroxyl groups excluding tert-OH is 3. The molecule has 0 radical (unpaired) electrons. The van der Waals surface area contributed by atoms with Gasteiger partial charge >= 0.3 is 6.03 Å². The van der Waals surface area contributed by atoms with Crippen LogP contribution in [0.5, 0.6) is 0 Å². The van der Waals surface area contributed by atoms with Crippen LogP contribution < -0.4 is 5.32 Å². The van der Waals surface area contributed by atoms with E-state index in [0.29, 0.717) is 12.1 Å². The van der Waals surface area contributed by atoms with E-state index in [1.165, 1.54) is 11.0 Å². The number of rotatable bonds is 2. The van der Waals surface area contributed by atoms with E-state index in [1.54, 1.807) is 6.92 Å². The Hall–Kier alpha value is -1.44. The molecule has 0 aromatic rings. The summed E-state index contributed by atoms with van der Waals surface area (Å²) in [7, 11) is 0. The monoisotopic (exact) mass is 255 g/mol. The molecule has 18 heavy (non-hydrogen) atoms. The minimum atomic E-state index is -1.15. The van der Waals surface area contributed by atoms with Crippen LogP contribution in [0.25, 0.3) is 0 Å². The van der Waals surface area contributed by atoms with E-state index in [1.807, 2.05) is 0 Å². The maximum atomic E-state index is 11.8. The fourth-order valence-electron chi connectivity index (χ4n) is 2.28. The molecule has 2 amide bonds. The average molecular weight is 255 g/mol. The van der Waals surface area contributed by atoms with Gasteiger partial charge in [-0.05, 0) is 5.57 Å². The first kappa shape index (κ1) is 13.0. The molecule has 5 N–H and O–H groups in total. The van der Waals surface area contributed by atoms with Crippen molar-refractivity contribution in [2.75, 3.05) is 13.2 Å². The van der Waals surface area contributed by atoms with Gasteiger partial charge < -0.3 is 20.2 Å². The number of nitrogens with zero attached hydrogens (tertiary/aromatic N) is 1. The molecule has 0 aromatic heterocycles. The second-order valence-corrected chi connectivity index (χ2v) is 4.72. The molecule has 0 bridgehead atoms. The van der Waals surface area contributed by atoms with E-state index in [0.717, 1.165) is 0 Å². The van der Waals surface area contributed by atoms with Gasteiger partial charge in [0.15, 0.2) is 0 Å². The van der Waals surface area contributed by atoms with Crippen molar-refractivity contribution in [1.82, 2.24) is 10.2 Å². The summed E-state index contributed by atoms with van der Waals surface area (Å²) in [6.07, 6.45) is -0.779. The minimum Gasteiger partial charge on any atom is -0.392 e. The number of carbonyl (C=O) groups is 1. The molecule has 4 atom stereocenters. The molecule has 100 valence electrons. The Kier molecular flexibility index (Phi) is 3.38. The topological polar surface area (TPSA) is 117 Å². The molecule has 1 aliphatic carbocycles. The van der Waals surface area contributed by atoms with Crippen molar-refractivity contribution >= 4 is 11.9 Å². The van der Waals surface area contributed by atoms with Gasteiger partial charge in [-0.15, -0.1) is 0 Å². The third-order valence-electron chi connectivity index (χ3n) is 3.45. The van der Waals surface area contributed by atoms with E-state index in [2.05, 4.69) is 5.32 Å². The van der Waals surface area contributed by atoms with Crippen LogP contribution in [0.15, 0.2) is 11.6 Å². The average Bonchev–Trinajstić information content (AvgIpc) is 2.61. The number of hydrogen-bond donors (Lipinski definition) is 5. The Morgan fingerprint density at radius 1 is 1.56 bits per heavy atom. The summed E-state index contributed by atoms with van der Waals surface area (Å²) in [4.78, 5) is 13.1. The number of amidine groups is 1. The Morgan fingerprint density at radius 3 is 2.78 bits per heavy atom. The molecular weight excluding hydrogens is 238 g/mol. The number of aliphatic hydroxyl groups is 3. The van der Waals surface area contributed by atoms with Gasteiger partial charge in [0.1, 0.15) is 18.0 Å². The van der Waals surface area contributed by atoms with Crippen molar-refractivity contribution in [3.05, 3.63) is 11.6 Å². The van der Waals surface area contributed by atoms with E-state index >= 15 is 0 Å². The predicted octanol–water partition coefficient (Wildman–Crippen LogP) is -1.35. The van der Waals surface area contributed by atoms with Crippen molar-refractivity contribution in [2.45, 2.75) is 25.2 Å². The first-order chi connectivity index (χ1) is 8.45. The zero-order chi connectivity index (χ0) is 13.4. The number of urea groups is 1.